The molecule has 0 aliphatic carbocycles. The van der Waals surface area contributed by atoms with Crippen LogP contribution in [0.4, 0.5) is 5.69 Å². The van der Waals surface area contributed by atoms with Crippen LogP contribution in [-0.4, -0.2) is 33.4 Å². The Morgan fingerprint density at radius 3 is 2.70 bits per heavy atom. The van der Waals surface area contributed by atoms with E-state index in [0.717, 1.165) is 31.6 Å². The van der Waals surface area contributed by atoms with Crippen LogP contribution in [0.5, 0.6) is 5.75 Å². The molecule has 1 aliphatic rings. The Balaban J connectivity index is 1.91. The zero-order valence-electron chi connectivity index (χ0n) is 11.8. The Bertz CT molecular complexity index is 508. The van der Waals surface area contributed by atoms with Crippen LogP contribution in [0.3, 0.4) is 0 Å². The number of benzene rings is 1. The number of sulfonamides is 1. The summed E-state index contributed by atoms with van der Waals surface area (Å²) in [6, 6.07) is 7.08. The lowest BCUT2D eigenvalue weighted by Crippen LogP contribution is -2.32. The average molecular weight is 298 g/mol. The molecule has 0 aromatic heterocycles. The largest absolute Gasteiger partial charge is 0.494 e. The molecule has 6 heteroatoms. The summed E-state index contributed by atoms with van der Waals surface area (Å²) in [5.41, 5.74) is 0.576. The van der Waals surface area contributed by atoms with E-state index in [1.807, 2.05) is 6.92 Å². The highest BCUT2D eigenvalue weighted by atomic mass is 32.2. The fraction of sp³-hybridized carbons (Fsp3) is 0.571. The third-order valence-electron chi connectivity index (χ3n) is 3.18. The van der Waals surface area contributed by atoms with Gasteiger partial charge in [-0.25, -0.2) is 8.42 Å². The van der Waals surface area contributed by atoms with Crippen molar-refractivity contribution in [1.82, 2.24) is 5.32 Å². The van der Waals surface area contributed by atoms with Crippen molar-refractivity contribution in [2.75, 3.05) is 23.6 Å². The predicted octanol–water partition coefficient (Wildman–Crippen LogP) is 1.97. The van der Waals surface area contributed by atoms with Gasteiger partial charge in [-0.3, -0.25) is 4.72 Å². The molecule has 0 spiro atoms. The van der Waals surface area contributed by atoms with Crippen molar-refractivity contribution < 1.29 is 13.2 Å². The van der Waals surface area contributed by atoms with Crippen molar-refractivity contribution in [3.63, 3.8) is 0 Å². The van der Waals surface area contributed by atoms with Crippen LogP contribution in [0.1, 0.15) is 26.2 Å². The van der Waals surface area contributed by atoms with E-state index in [4.69, 9.17) is 4.74 Å². The second-order valence-corrected chi connectivity index (χ2v) is 6.82. The van der Waals surface area contributed by atoms with Gasteiger partial charge < -0.3 is 10.1 Å². The molecule has 2 N–H and O–H groups in total. The summed E-state index contributed by atoms with van der Waals surface area (Å²) in [5, 5.41) is 3.19. The Labute approximate surface area is 120 Å². The third-order valence-corrected chi connectivity index (χ3v) is 4.57. The molecule has 2 rings (SSSR count). The lowest BCUT2D eigenvalue weighted by molar-refractivity contribution is 0.317. The van der Waals surface area contributed by atoms with E-state index in [0.29, 0.717) is 12.3 Å². The lowest BCUT2D eigenvalue weighted by Gasteiger charge is -2.13. The highest BCUT2D eigenvalue weighted by Crippen LogP contribution is 2.18. The highest BCUT2D eigenvalue weighted by molar-refractivity contribution is 7.92. The van der Waals surface area contributed by atoms with E-state index in [1.54, 1.807) is 24.3 Å². The molecule has 5 nitrogen and oxygen atoms in total. The van der Waals surface area contributed by atoms with Gasteiger partial charge >= 0.3 is 0 Å². The van der Waals surface area contributed by atoms with Gasteiger partial charge in [0.2, 0.25) is 10.0 Å². The average Bonchev–Trinajstić information content (AvgIpc) is 2.89. The summed E-state index contributed by atoms with van der Waals surface area (Å²) >= 11 is 0. The van der Waals surface area contributed by atoms with Crippen LogP contribution in [0.25, 0.3) is 0 Å². The van der Waals surface area contributed by atoms with Gasteiger partial charge in [-0.05, 0) is 50.1 Å². The van der Waals surface area contributed by atoms with Crippen molar-refractivity contribution in [3.05, 3.63) is 24.3 Å². The van der Waals surface area contributed by atoms with Gasteiger partial charge in [-0.2, -0.15) is 0 Å². The normalized spacial score (nSPS) is 18.9. The van der Waals surface area contributed by atoms with Crippen LogP contribution in [-0.2, 0) is 10.0 Å². The van der Waals surface area contributed by atoms with E-state index in [9.17, 15) is 8.42 Å². The van der Waals surface area contributed by atoms with Gasteiger partial charge in [0.25, 0.3) is 0 Å². The topological polar surface area (TPSA) is 67.4 Å². The van der Waals surface area contributed by atoms with Crippen LogP contribution < -0.4 is 14.8 Å². The molecular formula is C14H22N2O3S. The Morgan fingerprint density at radius 1 is 1.35 bits per heavy atom. The molecule has 1 aromatic carbocycles. The minimum absolute atomic E-state index is 0.0691. The fourth-order valence-electron chi connectivity index (χ4n) is 2.22. The molecule has 20 heavy (non-hydrogen) atoms. The standard InChI is InChI=1S/C14H22N2O3S/c1-2-10-19-14-7-5-12(6-8-14)16-20(17,18)11-13-4-3-9-15-13/h5-8,13,15-16H,2-4,9-11H2,1H3. The van der Waals surface area contributed by atoms with E-state index in [2.05, 4.69) is 10.0 Å². The maximum atomic E-state index is 12.0. The summed E-state index contributed by atoms with van der Waals surface area (Å²) in [7, 11) is -3.30. The van der Waals surface area contributed by atoms with E-state index < -0.39 is 10.0 Å². The number of rotatable bonds is 7. The molecule has 0 saturated carbocycles. The van der Waals surface area contributed by atoms with Crippen molar-refractivity contribution >= 4 is 15.7 Å². The first-order valence-electron chi connectivity index (χ1n) is 7.06. The summed E-state index contributed by atoms with van der Waals surface area (Å²) in [4.78, 5) is 0. The number of ether oxygens (including phenoxy) is 1. The second kappa shape index (κ2) is 6.95. The number of anilines is 1. The van der Waals surface area contributed by atoms with Crippen molar-refractivity contribution in [2.24, 2.45) is 0 Å². The first kappa shape index (κ1) is 15.1. The number of hydrogen-bond donors (Lipinski definition) is 2. The molecule has 1 unspecified atom stereocenters. The highest BCUT2D eigenvalue weighted by Gasteiger charge is 2.21. The minimum atomic E-state index is -3.30. The van der Waals surface area contributed by atoms with E-state index >= 15 is 0 Å². The molecule has 1 fully saturated rings. The molecule has 0 amide bonds. The van der Waals surface area contributed by atoms with Gasteiger partial charge in [-0.15, -0.1) is 0 Å². The minimum Gasteiger partial charge on any atom is -0.494 e. The van der Waals surface area contributed by atoms with Crippen molar-refractivity contribution in [1.29, 1.82) is 0 Å². The monoisotopic (exact) mass is 298 g/mol. The molecule has 1 aliphatic heterocycles. The Kier molecular flexibility index (Phi) is 5.25. The molecule has 0 radical (unpaired) electrons. The summed E-state index contributed by atoms with van der Waals surface area (Å²) in [6.07, 6.45) is 2.91. The zero-order valence-corrected chi connectivity index (χ0v) is 12.6. The molecule has 1 heterocycles. The summed E-state index contributed by atoms with van der Waals surface area (Å²) < 4.78 is 32.1. The molecule has 112 valence electrons. The smallest absolute Gasteiger partial charge is 0.234 e. The van der Waals surface area contributed by atoms with Gasteiger partial charge in [0.15, 0.2) is 0 Å². The van der Waals surface area contributed by atoms with Gasteiger partial charge in [0.05, 0.1) is 12.4 Å². The second-order valence-electron chi connectivity index (χ2n) is 5.05. The van der Waals surface area contributed by atoms with Crippen LogP contribution >= 0.6 is 0 Å². The van der Waals surface area contributed by atoms with Crippen LogP contribution in [0, 0.1) is 0 Å². The first-order valence-corrected chi connectivity index (χ1v) is 8.71. The van der Waals surface area contributed by atoms with Gasteiger partial charge in [-0.1, -0.05) is 6.92 Å². The molecule has 0 bridgehead atoms. The molecule has 1 aromatic rings. The molecule has 1 saturated heterocycles. The Hall–Kier alpha value is -1.27. The maximum Gasteiger partial charge on any atom is 0.234 e. The van der Waals surface area contributed by atoms with Gasteiger partial charge in [0, 0.05) is 11.7 Å². The number of hydrogen-bond acceptors (Lipinski definition) is 4. The van der Waals surface area contributed by atoms with Crippen LogP contribution in [0.2, 0.25) is 0 Å². The number of nitrogens with one attached hydrogen (secondary N) is 2. The Morgan fingerprint density at radius 2 is 2.10 bits per heavy atom. The summed E-state index contributed by atoms with van der Waals surface area (Å²) in [5.74, 6) is 0.883. The zero-order chi connectivity index (χ0) is 14.4. The van der Waals surface area contributed by atoms with E-state index in [-0.39, 0.29) is 11.8 Å². The maximum absolute atomic E-state index is 12.0. The summed E-state index contributed by atoms with van der Waals surface area (Å²) in [6.45, 7) is 3.61. The SMILES string of the molecule is CCCOc1ccc(NS(=O)(=O)CC2CCCN2)cc1. The van der Waals surface area contributed by atoms with Crippen molar-refractivity contribution in [3.8, 4) is 5.75 Å². The molecule has 1 atom stereocenters. The lowest BCUT2D eigenvalue weighted by atomic mass is 10.3. The van der Waals surface area contributed by atoms with Crippen molar-refractivity contribution in [2.45, 2.75) is 32.2 Å². The van der Waals surface area contributed by atoms with Gasteiger partial charge in [0.1, 0.15) is 5.75 Å². The van der Waals surface area contributed by atoms with Crippen LogP contribution in [0.15, 0.2) is 24.3 Å². The van der Waals surface area contributed by atoms with E-state index in [1.165, 1.54) is 0 Å². The fourth-order valence-corrected chi connectivity index (χ4v) is 3.62. The quantitative estimate of drug-likeness (QED) is 0.807. The predicted molar refractivity (Wildman–Crippen MR) is 80.7 cm³/mol. The molecular weight excluding hydrogens is 276 g/mol. The first-order chi connectivity index (χ1) is 9.59. The third kappa shape index (κ3) is 4.68.